The van der Waals surface area contributed by atoms with Crippen LogP contribution in [0.2, 0.25) is 0 Å². The molecule has 2 aliphatic heterocycles. The first-order valence-corrected chi connectivity index (χ1v) is 4.36. The van der Waals surface area contributed by atoms with E-state index in [-0.39, 0.29) is 17.9 Å². The van der Waals surface area contributed by atoms with Crippen molar-refractivity contribution in [2.75, 3.05) is 13.1 Å². The highest BCUT2D eigenvalue weighted by molar-refractivity contribution is 5.90. The highest BCUT2D eigenvalue weighted by Gasteiger charge is 2.35. The first-order chi connectivity index (χ1) is 5.79. The van der Waals surface area contributed by atoms with Crippen LogP contribution in [0, 0.1) is 0 Å². The van der Waals surface area contributed by atoms with Gasteiger partial charge in [-0.15, -0.1) is 0 Å². The van der Waals surface area contributed by atoms with E-state index in [2.05, 4.69) is 5.32 Å². The third-order valence-electron chi connectivity index (χ3n) is 2.51. The second kappa shape index (κ2) is 2.77. The number of carbonyl (C=O) groups is 2. The third-order valence-corrected chi connectivity index (χ3v) is 2.51. The maximum Gasteiger partial charge on any atom is 0.242 e. The van der Waals surface area contributed by atoms with Crippen molar-refractivity contribution in [1.82, 2.24) is 10.2 Å². The van der Waals surface area contributed by atoms with Gasteiger partial charge in [-0.2, -0.15) is 0 Å². The number of nitrogens with zero attached hydrogens (tertiary/aromatic N) is 1. The lowest BCUT2D eigenvalue weighted by atomic mass is 10.2. The lowest BCUT2D eigenvalue weighted by molar-refractivity contribution is -0.135. The van der Waals surface area contributed by atoms with E-state index >= 15 is 0 Å². The van der Waals surface area contributed by atoms with Crippen molar-refractivity contribution in [2.24, 2.45) is 0 Å². The van der Waals surface area contributed by atoms with E-state index in [1.807, 2.05) is 0 Å². The van der Waals surface area contributed by atoms with Crippen LogP contribution in [0.1, 0.15) is 19.3 Å². The molecule has 2 rings (SSSR count). The van der Waals surface area contributed by atoms with Gasteiger partial charge in [0.1, 0.15) is 6.04 Å². The number of amides is 2. The first-order valence-electron chi connectivity index (χ1n) is 4.36. The Kier molecular flexibility index (Phi) is 1.75. The Balaban J connectivity index is 2.20. The highest BCUT2D eigenvalue weighted by Crippen LogP contribution is 2.19. The summed E-state index contributed by atoms with van der Waals surface area (Å²) in [5, 5.41) is 2.74. The quantitative estimate of drug-likeness (QED) is 0.530. The van der Waals surface area contributed by atoms with Crippen LogP contribution in [-0.2, 0) is 9.59 Å². The van der Waals surface area contributed by atoms with E-state index in [0.29, 0.717) is 13.0 Å². The van der Waals surface area contributed by atoms with Crippen molar-refractivity contribution < 1.29 is 9.59 Å². The summed E-state index contributed by atoms with van der Waals surface area (Å²) in [6, 6.07) is -0.167. The van der Waals surface area contributed by atoms with Crippen molar-refractivity contribution in [3.8, 4) is 0 Å². The molecule has 0 spiro atoms. The third kappa shape index (κ3) is 1.07. The topological polar surface area (TPSA) is 49.4 Å². The molecule has 4 nitrogen and oxygen atoms in total. The van der Waals surface area contributed by atoms with Gasteiger partial charge in [0.2, 0.25) is 11.8 Å². The molecule has 2 heterocycles. The largest absolute Gasteiger partial charge is 0.354 e. The minimum atomic E-state index is -0.167. The monoisotopic (exact) mass is 168 g/mol. The Morgan fingerprint density at radius 2 is 2.25 bits per heavy atom. The van der Waals surface area contributed by atoms with Crippen LogP contribution in [0.5, 0.6) is 0 Å². The van der Waals surface area contributed by atoms with E-state index in [4.69, 9.17) is 0 Å². The summed E-state index contributed by atoms with van der Waals surface area (Å²) >= 11 is 0. The fourth-order valence-electron chi connectivity index (χ4n) is 1.89. The highest BCUT2D eigenvalue weighted by atomic mass is 16.2. The van der Waals surface area contributed by atoms with E-state index < -0.39 is 0 Å². The van der Waals surface area contributed by atoms with Gasteiger partial charge in [-0.25, -0.2) is 0 Å². The Hall–Kier alpha value is -1.06. The van der Waals surface area contributed by atoms with Gasteiger partial charge in [0.15, 0.2) is 0 Å². The summed E-state index contributed by atoms with van der Waals surface area (Å²) < 4.78 is 0. The maximum atomic E-state index is 11.4. The summed E-state index contributed by atoms with van der Waals surface area (Å²) in [4.78, 5) is 24.4. The molecule has 2 fully saturated rings. The predicted molar refractivity (Wildman–Crippen MR) is 42.4 cm³/mol. The molecule has 2 saturated heterocycles. The van der Waals surface area contributed by atoms with Gasteiger partial charge in [0.05, 0.1) is 0 Å². The molecular formula is C8H12N2O2. The maximum absolute atomic E-state index is 11.4. The number of rotatable bonds is 0. The Morgan fingerprint density at radius 1 is 1.42 bits per heavy atom. The number of carbonyl (C=O) groups excluding carboxylic acids is 2. The number of hydrogen-bond acceptors (Lipinski definition) is 2. The summed E-state index contributed by atoms with van der Waals surface area (Å²) in [5.41, 5.74) is 0. The summed E-state index contributed by atoms with van der Waals surface area (Å²) in [5.74, 6) is 0.147. The summed E-state index contributed by atoms with van der Waals surface area (Å²) in [6.45, 7) is 1.27. The number of hydrogen-bond donors (Lipinski definition) is 1. The van der Waals surface area contributed by atoms with Crippen molar-refractivity contribution in [3.63, 3.8) is 0 Å². The molecule has 0 aromatic heterocycles. The Morgan fingerprint density at radius 3 is 3.08 bits per heavy atom. The molecule has 0 aliphatic carbocycles. The molecule has 0 aromatic carbocycles. The molecule has 0 bridgehead atoms. The first kappa shape index (κ1) is 7.58. The molecule has 1 N–H and O–H groups in total. The van der Waals surface area contributed by atoms with Gasteiger partial charge in [-0.1, -0.05) is 0 Å². The van der Waals surface area contributed by atoms with Gasteiger partial charge in [0, 0.05) is 19.5 Å². The molecule has 0 aromatic rings. The van der Waals surface area contributed by atoms with E-state index in [9.17, 15) is 9.59 Å². The summed E-state index contributed by atoms with van der Waals surface area (Å²) in [6.07, 6.45) is 2.25. The second-order valence-electron chi connectivity index (χ2n) is 3.29. The van der Waals surface area contributed by atoms with Gasteiger partial charge in [-0.3, -0.25) is 9.59 Å². The van der Waals surface area contributed by atoms with Crippen LogP contribution in [-0.4, -0.2) is 35.8 Å². The Bertz CT molecular complexity index is 205. The van der Waals surface area contributed by atoms with Crippen molar-refractivity contribution >= 4 is 11.8 Å². The van der Waals surface area contributed by atoms with Crippen molar-refractivity contribution in [3.05, 3.63) is 0 Å². The van der Waals surface area contributed by atoms with E-state index in [1.54, 1.807) is 4.90 Å². The van der Waals surface area contributed by atoms with Gasteiger partial charge < -0.3 is 10.2 Å². The molecule has 12 heavy (non-hydrogen) atoms. The van der Waals surface area contributed by atoms with E-state index in [1.165, 1.54) is 0 Å². The number of fused-ring (bicyclic) bond motifs is 1. The fourth-order valence-corrected chi connectivity index (χ4v) is 1.89. The average Bonchev–Trinajstić information content (AvgIpc) is 2.47. The molecular weight excluding hydrogens is 156 g/mol. The Labute approximate surface area is 70.9 Å². The average molecular weight is 168 g/mol. The van der Waals surface area contributed by atoms with Crippen molar-refractivity contribution in [2.45, 2.75) is 25.3 Å². The molecule has 66 valence electrons. The predicted octanol–water partition coefficient (Wildman–Crippen LogP) is -0.503. The molecule has 0 radical (unpaired) electrons. The smallest absolute Gasteiger partial charge is 0.242 e. The van der Waals surface area contributed by atoms with Crippen LogP contribution < -0.4 is 5.32 Å². The van der Waals surface area contributed by atoms with E-state index in [0.717, 1.165) is 19.4 Å². The zero-order valence-electron chi connectivity index (χ0n) is 6.88. The van der Waals surface area contributed by atoms with Crippen LogP contribution in [0.25, 0.3) is 0 Å². The molecule has 2 amide bonds. The number of nitrogens with one attached hydrogen (secondary N) is 1. The standard InChI is InChI=1S/C8H12N2O2/c11-7-3-4-9-8(12)6-2-1-5-10(6)7/h6H,1-5H2,(H,9,12)/t6-/m0/s1. The van der Waals surface area contributed by atoms with Crippen LogP contribution in [0.15, 0.2) is 0 Å². The minimum Gasteiger partial charge on any atom is -0.354 e. The van der Waals surface area contributed by atoms with Crippen LogP contribution in [0.3, 0.4) is 0 Å². The minimum absolute atomic E-state index is 0.0263. The van der Waals surface area contributed by atoms with Gasteiger partial charge in [-0.05, 0) is 12.8 Å². The van der Waals surface area contributed by atoms with Crippen LogP contribution >= 0.6 is 0 Å². The molecule has 1 atom stereocenters. The molecule has 0 saturated carbocycles. The van der Waals surface area contributed by atoms with Gasteiger partial charge >= 0.3 is 0 Å². The van der Waals surface area contributed by atoms with Crippen LogP contribution in [0.4, 0.5) is 0 Å². The zero-order valence-corrected chi connectivity index (χ0v) is 6.88. The normalized spacial score (nSPS) is 29.7. The van der Waals surface area contributed by atoms with Crippen molar-refractivity contribution in [1.29, 1.82) is 0 Å². The fraction of sp³-hybridized carbons (Fsp3) is 0.750. The molecule has 0 unspecified atom stereocenters. The molecule has 2 aliphatic rings. The SMILES string of the molecule is O=C1NCCC(=O)N2CCC[C@@H]12. The lowest BCUT2D eigenvalue weighted by Crippen LogP contribution is -2.41. The van der Waals surface area contributed by atoms with Gasteiger partial charge in [0.25, 0.3) is 0 Å². The molecule has 4 heteroatoms. The second-order valence-corrected chi connectivity index (χ2v) is 3.29. The lowest BCUT2D eigenvalue weighted by Gasteiger charge is -2.19. The summed E-state index contributed by atoms with van der Waals surface area (Å²) in [7, 11) is 0. The zero-order chi connectivity index (χ0) is 8.55.